The lowest BCUT2D eigenvalue weighted by Gasteiger charge is -2.17. The molecule has 4 heteroatoms. The molecule has 0 bridgehead atoms. The van der Waals surface area contributed by atoms with Gasteiger partial charge in [0.25, 0.3) is 5.91 Å². The highest BCUT2D eigenvalue weighted by molar-refractivity contribution is 6.17. The Hall–Kier alpha value is -1.06. The molecule has 0 aliphatic rings. The SMILES string of the molecule is COCC(CCCl)NC(=O)c1ccccc1C. The lowest BCUT2D eigenvalue weighted by Crippen LogP contribution is -2.38. The van der Waals surface area contributed by atoms with Crippen molar-refractivity contribution in [2.45, 2.75) is 19.4 Å². The van der Waals surface area contributed by atoms with Gasteiger partial charge in [-0.15, -0.1) is 11.6 Å². The minimum Gasteiger partial charge on any atom is -0.383 e. The predicted molar refractivity (Wildman–Crippen MR) is 69.6 cm³/mol. The standard InChI is InChI=1S/C13H18ClNO2/c1-10-5-3-4-6-12(10)13(16)15-11(7-8-14)9-17-2/h3-6,11H,7-9H2,1-2H3,(H,15,16). The number of ether oxygens (including phenoxy) is 1. The largest absolute Gasteiger partial charge is 0.383 e. The van der Waals surface area contributed by atoms with E-state index in [9.17, 15) is 4.79 Å². The van der Waals surface area contributed by atoms with Gasteiger partial charge in [0.1, 0.15) is 0 Å². The van der Waals surface area contributed by atoms with Crippen LogP contribution in [0.25, 0.3) is 0 Å². The molecule has 0 saturated heterocycles. The van der Waals surface area contributed by atoms with E-state index in [2.05, 4.69) is 5.32 Å². The van der Waals surface area contributed by atoms with Crippen LogP contribution in [-0.2, 0) is 4.74 Å². The van der Waals surface area contributed by atoms with Crippen LogP contribution >= 0.6 is 11.6 Å². The number of hydrogen-bond donors (Lipinski definition) is 1. The Morgan fingerprint density at radius 1 is 1.47 bits per heavy atom. The number of aryl methyl sites for hydroxylation is 1. The molecule has 0 heterocycles. The van der Waals surface area contributed by atoms with Crippen molar-refractivity contribution < 1.29 is 9.53 Å². The summed E-state index contributed by atoms with van der Waals surface area (Å²) in [4.78, 5) is 12.0. The Kier molecular flexibility index (Phi) is 6.01. The average Bonchev–Trinajstić information content (AvgIpc) is 2.30. The van der Waals surface area contributed by atoms with Crippen molar-refractivity contribution in [1.82, 2.24) is 5.32 Å². The van der Waals surface area contributed by atoms with Gasteiger partial charge in [-0.3, -0.25) is 4.79 Å². The van der Waals surface area contributed by atoms with Crippen LogP contribution in [-0.4, -0.2) is 31.5 Å². The Morgan fingerprint density at radius 3 is 2.76 bits per heavy atom. The Labute approximate surface area is 107 Å². The zero-order chi connectivity index (χ0) is 12.7. The van der Waals surface area contributed by atoms with Crippen LogP contribution in [0.2, 0.25) is 0 Å². The van der Waals surface area contributed by atoms with Gasteiger partial charge in [-0.05, 0) is 25.0 Å². The third-order valence-corrected chi connectivity index (χ3v) is 2.77. The second-order valence-corrected chi connectivity index (χ2v) is 4.30. The molecule has 94 valence electrons. The zero-order valence-corrected chi connectivity index (χ0v) is 11.0. The molecule has 1 N–H and O–H groups in total. The lowest BCUT2D eigenvalue weighted by atomic mass is 10.1. The van der Waals surface area contributed by atoms with Crippen molar-refractivity contribution in [2.24, 2.45) is 0 Å². The van der Waals surface area contributed by atoms with Crippen molar-refractivity contribution >= 4 is 17.5 Å². The van der Waals surface area contributed by atoms with E-state index in [1.165, 1.54) is 0 Å². The summed E-state index contributed by atoms with van der Waals surface area (Å²) in [6, 6.07) is 7.47. The highest BCUT2D eigenvalue weighted by Gasteiger charge is 2.14. The summed E-state index contributed by atoms with van der Waals surface area (Å²) in [7, 11) is 1.61. The van der Waals surface area contributed by atoms with Crippen LogP contribution in [0.3, 0.4) is 0 Å². The maximum Gasteiger partial charge on any atom is 0.251 e. The monoisotopic (exact) mass is 255 g/mol. The molecule has 1 aromatic rings. The number of rotatable bonds is 6. The number of carbonyl (C=O) groups is 1. The van der Waals surface area contributed by atoms with Gasteiger partial charge in [-0.2, -0.15) is 0 Å². The molecule has 1 rings (SSSR count). The minimum atomic E-state index is -0.0738. The maximum absolute atomic E-state index is 12.0. The molecule has 17 heavy (non-hydrogen) atoms. The van der Waals surface area contributed by atoms with Gasteiger partial charge < -0.3 is 10.1 Å². The van der Waals surface area contributed by atoms with Crippen molar-refractivity contribution in [3.05, 3.63) is 35.4 Å². The molecule has 1 atom stereocenters. The smallest absolute Gasteiger partial charge is 0.251 e. The number of carbonyl (C=O) groups excluding carboxylic acids is 1. The first-order chi connectivity index (χ1) is 8.19. The highest BCUT2D eigenvalue weighted by atomic mass is 35.5. The lowest BCUT2D eigenvalue weighted by molar-refractivity contribution is 0.0894. The predicted octanol–water partition coefficient (Wildman–Crippen LogP) is 2.37. The molecule has 1 amide bonds. The minimum absolute atomic E-state index is 0.0374. The third kappa shape index (κ3) is 4.36. The van der Waals surface area contributed by atoms with Gasteiger partial charge in [-0.1, -0.05) is 18.2 Å². The third-order valence-electron chi connectivity index (χ3n) is 2.55. The van der Waals surface area contributed by atoms with E-state index in [4.69, 9.17) is 16.3 Å². The number of halogens is 1. The Morgan fingerprint density at radius 2 is 2.18 bits per heavy atom. The quantitative estimate of drug-likeness (QED) is 0.793. The molecule has 0 spiro atoms. The summed E-state index contributed by atoms with van der Waals surface area (Å²) in [6.45, 7) is 2.39. The highest BCUT2D eigenvalue weighted by Crippen LogP contribution is 2.07. The summed E-state index contributed by atoms with van der Waals surface area (Å²) in [6.07, 6.45) is 0.701. The van der Waals surface area contributed by atoms with Gasteiger partial charge in [-0.25, -0.2) is 0 Å². The fourth-order valence-electron chi connectivity index (χ4n) is 1.62. The molecule has 0 aliphatic carbocycles. The average molecular weight is 256 g/mol. The number of nitrogens with one attached hydrogen (secondary N) is 1. The summed E-state index contributed by atoms with van der Waals surface area (Å²) in [5.74, 6) is 0.428. The van der Waals surface area contributed by atoms with E-state index >= 15 is 0 Å². The van der Waals surface area contributed by atoms with E-state index in [-0.39, 0.29) is 11.9 Å². The van der Waals surface area contributed by atoms with Crippen LogP contribution in [0, 0.1) is 6.92 Å². The molecule has 0 radical (unpaired) electrons. The van der Waals surface area contributed by atoms with Crippen molar-refractivity contribution in [3.63, 3.8) is 0 Å². The molecule has 1 aromatic carbocycles. The van der Waals surface area contributed by atoms with Gasteiger partial charge >= 0.3 is 0 Å². The first-order valence-electron chi connectivity index (χ1n) is 5.60. The normalized spacial score (nSPS) is 12.2. The van der Waals surface area contributed by atoms with Crippen molar-refractivity contribution in [1.29, 1.82) is 0 Å². The second-order valence-electron chi connectivity index (χ2n) is 3.92. The summed E-state index contributed by atoms with van der Waals surface area (Å²) in [5, 5.41) is 2.93. The summed E-state index contributed by atoms with van der Waals surface area (Å²) >= 11 is 5.69. The number of methoxy groups -OCH3 is 1. The molecule has 0 aromatic heterocycles. The first-order valence-corrected chi connectivity index (χ1v) is 6.14. The van der Waals surface area contributed by atoms with Crippen LogP contribution < -0.4 is 5.32 Å². The molecular weight excluding hydrogens is 238 g/mol. The molecule has 0 fully saturated rings. The van der Waals surface area contributed by atoms with Gasteiger partial charge in [0, 0.05) is 18.6 Å². The van der Waals surface area contributed by atoms with E-state index in [0.29, 0.717) is 24.5 Å². The first kappa shape index (κ1) is 14.0. The van der Waals surface area contributed by atoms with E-state index in [1.54, 1.807) is 7.11 Å². The van der Waals surface area contributed by atoms with E-state index < -0.39 is 0 Å². The number of benzene rings is 1. The second kappa shape index (κ2) is 7.30. The molecular formula is C13H18ClNO2. The van der Waals surface area contributed by atoms with E-state index in [1.807, 2.05) is 31.2 Å². The molecule has 1 unspecified atom stereocenters. The molecule has 3 nitrogen and oxygen atoms in total. The fraction of sp³-hybridized carbons (Fsp3) is 0.462. The van der Waals surface area contributed by atoms with Crippen LogP contribution in [0.1, 0.15) is 22.3 Å². The zero-order valence-electron chi connectivity index (χ0n) is 10.2. The van der Waals surface area contributed by atoms with Crippen LogP contribution in [0.5, 0.6) is 0 Å². The number of alkyl halides is 1. The summed E-state index contributed by atoms with van der Waals surface area (Å²) in [5.41, 5.74) is 1.66. The van der Waals surface area contributed by atoms with E-state index in [0.717, 1.165) is 5.56 Å². The van der Waals surface area contributed by atoms with Gasteiger partial charge in [0.15, 0.2) is 0 Å². The Balaban J connectivity index is 2.67. The Bertz CT molecular complexity index is 362. The number of amides is 1. The summed E-state index contributed by atoms with van der Waals surface area (Å²) < 4.78 is 5.05. The topological polar surface area (TPSA) is 38.3 Å². The maximum atomic E-state index is 12.0. The number of hydrogen-bond acceptors (Lipinski definition) is 2. The van der Waals surface area contributed by atoms with Gasteiger partial charge in [0.2, 0.25) is 0 Å². The van der Waals surface area contributed by atoms with Crippen molar-refractivity contribution in [3.8, 4) is 0 Å². The van der Waals surface area contributed by atoms with Crippen LogP contribution in [0.15, 0.2) is 24.3 Å². The van der Waals surface area contributed by atoms with Crippen LogP contribution in [0.4, 0.5) is 0 Å². The molecule has 0 saturated carbocycles. The molecule has 0 aliphatic heterocycles. The van der Waals surface area contributed by atoms with Crippen molar-refractivity contribution in [2.75, 3.05) is 19.6 Å². The van der Waals surface area contributed by atoms with Gasteiger partial charge in [0.05, 0.1) is 12.6 Å². The fourth-order valence-corrected chi connectivity index (χ4v) is 1.88.